The molecule has 0 aliphatic carbocycles. The van der Waals surface area contributed by atoms with Crippen molar-refractivity contribution < 1.29 is 17.7 Å². The van der Waals surface area contributed by atoms with Gasteiger partial charge in [0.2, 0.25) is 0 Å². The van der Waals surface area contributed by atoms with Gasteiger partial charge in [0, 0.05) is 24.1 Å². The summed E-state index contributed by atoms with van der Waals surface area (Å²) in [6.07, 6.45) is 2.25. The van der Waals surface area contributed by atoms with Crippen molar-refractivity contribution in [1.29, 1.82) is 0 Å². The molecular weight excluding hydrogens is 502 g/mol. The first-order valence-electron chi connectivity index (χ1n) is 12.6. The Balaban J connectivity index is 1.71. The van der Waals surface area contributed by atoms with Crippen molar-refractivity contribution in [3.8, 4) is 11.1 Å². The molecule has 0 saturated heterocycles. The van der Waals surface area contributed by atoms with Crippen LogP contribution in [0.2, 0.25) is 0 Å². The lowest BCUT2D eigenvalue weighted by atomic mass is 9.98. The number of imidazole rings is 1. The second-order valence-corrected chi connectivity index (χ2v) is 11.0. The molecule has 4 aromatic rings. The molecule has 2 aromatic carbocycles. The maximum Gasteiger partial charge on any atom is 0.267 e. The molecule has 2 aromatic heterocycles. The van der Waals surface area contributed by atoms with Gasteiger partial charge in [-0.3, -0.25) is 9.52 Å². The van der Waals surface area contributed by atoms with Crippen LogP contribution in [0.3, 0.4) is 0 Å². The van der Waals surface area contributed by atoms with Crippen LogP contribution in [0.5, 0.6) is 0 Å². The molecule has 0 fully saturated rings. The van der Waals surface area contributed by atoms with Gasteiger partial charge in [0.05, 0.1) is 10.6 Å². The number of nitrogens with two attached hydrogens (primary N) is 1. The molecule has 1 amide bonds. The summed E-state index contributed by atoms with van der Waals surface area (Å²) in [5.74, 6) is 1.06. The van der Waals surface area contributed by atoms with Gasteiger partial charge in [0.15, 0.2) is 5.82 Å². The number of nitrogens with one attached hydrogen (secondary N) is 1. The first kappa shape index (κ1) is 27.1. The number of aryl methyl sites for hydroxylation is 4. The van der Waals surface area contributed by atoms with Gasteiger partial charge in [0.25, 0.3) is 15.9 Å². The smallest absolute Gasteiger partial charge is 0.267 e. The largest absolute Gasteiger partial charge is 0.364 e. The Morgan fingerprint density at radius 1 is 1.08 bits per heavy atom. The van der Waals surface area contributed by atoms with E-state index in [0.717, 1.165) is 35.4 Å². The van der Waals surface area contributed by atoms with Gasteiger partial charge in [-0.05, 0) is 56.4 Å². The number of hydrogen-bond acceptors (Lipinski definition) is 6. The number of primary amides is 1. The molecular formula is C28H33N5O4S. The molecule has 200 valence electrons. The number of carbonyl (C=O) groups is 1. The Bertz CT molecular complexity index is 1600. The van der Waals surface area contributed by atoms with Gasteiger partial charge < -0.3 is 14.8 Å². The van der Waals surface area contributed by atoms with Crippen molar-refractivity contribution in [3.05, 3.63) is 82.1 Å². The highest BCUT2D eigenvalue weighted by molar-refractivity contribution is 7.92. The van der Waals surface area contributed by atoms with Crippen molar-refractivity contribution in [2.45, 2.75) is 65.3 Å². The first-order valence-corrected chi connectivity index (χ1v) is 14.1. The highest BCUT2D eigenvalue weighted by atomic mass is 32.2. The fourth-order valence-electron chi connectivity index (χ4n) is 4.59. The highest BCUT2D eigenvalue weighted by Gasteiger charge is 2.24. The summed E-state index contributed by atoms with van der Waals surface area (Å²) in [5, 5.41) is 3.84. The number of nitrogens with zero attached hydrogens (tertiary/aromatic N) is 3. The van der Waals surface area contributed by atoms with Crippen LogP contribution in [-0.4, -0.2) is 29.0 Å². The van der Waals surface area contributed by atoms with Crippen molar-refractivity contribution in [3.63, 3.8) is 0 Å². The monoisotopic (exact) mass is 535 g/mol. The maximum absolute atomic E-state index is 13.4. The van der Waals surface area contributed by atoms with Crippen LogP contribution in [0, 0.1) is 20.8 Å². The van der Waals surface area contributed by atoms with E-state index in [4.69, 9.17) is 10.3 Å². The van der Waals surface area contributed by atoms with Gasteiger partial charge in [0.1, 0.15) is 17.3 Å². The van der Waals surface area contributed by atoms with Crippen LogP contribution in [0.4, 0.5) is 5.82 Å². The number of anilines is 1. The molecule has 0 radical (unpaired) electrons. The zero-order valence-electron chi connectivity index (χ0n) is 22.3. The average Bonchev–Trinajstić information content (AvgIpc) is 3.38. The predicted molar refractivity (Wildman–Crippen MR) is 147 cm³/mol. The number of carbonyl (C=O) groups excluding carboxylic acids is 1. The minimum absolute atomic E-state index is 0.138. The van der Waals surface area contributed by atoms with Gasteiger partial charge >= 0.3 is 0 Å². The topological polar surface area (TPSA) is 133 Å². The van der Waals surface area contributed by atoms with Crippen LogP contribution in [0.15, 0.2) is 51.9 Å². The Labute approximate surface area is 223 Å². The molecule has 0 spiro atoms. The Kier molecular flexibility index (Phi) is 7.73. The summed E-state index contributed by atoms with van der Waals surface area (Å²) in [5.41, 5.74) is 10.7. The molecule has 3 N–H and O–H groups in total. The van der Waals surface area contributed by atoms with Crippen molar-refractivity contribution in [2.75, 3.05) is 4.72 Å². The molecule has 0 aliphatic heterocycles. The minimum Gasteiger partial charge on any atom is -0.364 e. The third-order valence-electron chi connectivity index (χ3n) is 6.65. The van der Waals surface area contributed by atoms with E-state index in [1.54, 1.807) is 38.1 Å². The Morgan fingerprint density at radius 3 is 2.42 bits per heavy atom. The lowest BCUT2D eigenvalue weighted by Crippen LogP contribution is -2.20. The maximum atomic E-state index is 13.4. The lowest BCUT2D eigenvalue weighted by molar-refractivity contribution is 0.0990. The van der Waals surface area contributed by atoms with Crippen LogP contribution in [0.1, 0.15) is 64.7 Å². The number of amides is 1. The van der Waals surface area contributed by atoms with E-state index in [2.05, 4.69) is 21.8 Å². The number of benzene rings is 2. The fraction of sp³-hybridized carbons (Fsp3) is 0.321. The van der Waals surface area contributed by atoms with Crippen LogP contribution in [-0.2, 0) is 29.4 Å². The van der Waals surface area contributed by atoms with Gasteiger partial charge in [-0.15, -0.1) is 0 Å². The standard InChI is InChI=1S/C28H33N5O4S/c1-6-10-25-30-23(7-2)26(27(29)34)33(25)16-20-13-14-21(17(3)15-20)22-11-8-9-12-24(22)38(35,36)32-28-18(4)19(5)37-31-28/h8-9,11-15H,6-7,10,16H2,1-5H3,(H2,29,34)(H,31,32). The van der Waals surface area contributed by atoms with Crippen LogP contribution in [0.25, 0.3) is 11.1 Å². The van der Waals surface area contributed by atoms with E-state index in [1.165, 1.54) is 0 Å². The molecule has 0 saturated carbocycles. The summed E-state index contributed by atoms with van der Waals surface area (Å²) in [6, 6.07) is 12.7. The fourth-order valence-corrected chi connectivity index (χ4v) is 5.87. The summed E-state index contributed by atoms with van der Waals surface area (Å²) >= 11 is 0. The highest BCUT2D eigenvalue weighted by Crippen LogP contribution is 2.32. The summed E-state index contributed by atoms with van der Waals surface area (Å²) < 4.78 is 36.3. The van der Waals surface area contributed by atoms with Gasteiger partial charge in [-0.25, -0.2) is 13.4 Å². The summed E-state index contributed by atoms with van der Waals surface area (Å²) in [6.45, 7) is 9.88. The third-order valence-corrected chi connectivity index (χ3v) is 8.04. The molecule has 4 rings (SSSR count). The molecule has 0 bridgehead atoms. The number of aromatic nitrogens is 3. The Morgan fingerprint density at radius 2 is 1.82 bits per heavy atom. The molecule has 0 aliphatic rings. The number of sulfonamides is 1. The van der Waals surface area contributed by atoms with E-state index in [0.29, 0.717) is 41.2 Å². The predicted octanol–water partition coefficient (Wildman–Crippen LogP) is 4.93. The van der Waals surface area contributed by atoms with Crippen LogP contribution < -0.4 is 10.5 Å². The molecule has 10 heteroatoms. The number of hydrogen-bond donors (Lipinski definition) is 2. The second kappa shape index (κ2) is 10.8. The van der Waals surface area contributed by atoms with E-state index >= 15 is 0 Å². The van der Waals surface area contributed by atoms with E-state index in [9.17, 15) is 13.2 Å². The molecule has 2 heterocycles. The minimum atomic E-state index is -3.94. The molecule has 0 unspecified atom stereocenters. The molecule has 38 heavy (non-hydrogen) atoms. The van der Waals surface area contributed by atoms with Crippen molar-refractivity contribution >= 4 is 21.7 Å². The average molecular weight is 536 g/mol. The molecule has 9 nitrogen and oxygen atoms in total. The van der Waals surface area contributed by atoms with E-state index in [-0.39, 0.29) is 10.7 Å². The van der Waals surface area contributed by atoms with E-state index < -0.39 is 15.9 Å². The van der Waals surface area contributed by atoms with Gasteiger partial charge in [-0.1, -0.05) is 55.4 Å². The zero-order valence-corrected chi connectivity index (χ0v) is 23.1. The Hall–Kier alpha value is -3.92. The van der Waals surface area contributed by atoms with E-state index in [1.807, 2.05) is 36.6 Å². The molecule has 0 atom stereocenters. The van der Waals surface area contributed by atoms with Crippen molar-refractivity contribution in [2.24, 2.45) is 5.73 Å². The normalized spacial score (nSPS) is 11.6. The number of rotatable bonds is 10. The first-order chi connectivity index (χ1) is 18.1. The second-order valence-electron chi connectivity index (χ2n) is 9.34. The van der Waals surface area contributed by atoms with Crippen LogP contribution >= 0.6 is 0 Å². The lowest BCUT2D eigenvalue weighted by Gasteiger charge is -2.15. The zero-order chi connectivity index (χ0) is 27.6. The SMILES string of the molecule is CCCc1nc(CC)c(C(N)=O)n1Cc1ccc(-c2ccccc2S(=O)(=O)Nc2noc(C)c2C)c(C)c1. The quantitative estimate of drug-likeness (QED) is 0.296. The van der Waals surface area contributed by atoms with Crippen molar-refractivity contribution in [1.82, 2.24) is 14.7 Å². The van der Waals surface area contributed by atoms with Gasteiger partial charge in [-0.2, -0.15) is 0 Å². The summed E-state index contributed by atoms with van der Waals surface area (Å²) in [7, 11) is -3.94. The third kappa shape index (κ3) is 5.22. The summed E-state index contributed by atoms with van der Waals surface area (Å²) in [4.78, 5) is 17.1.